The normalized spacial score (nSPS) is 10.5. The summed E-state index contributed by atoms with van der Waals surface area (Å²) in [4.78, 5) is 63.7. The molecule has 1 N–H and O–H groups in total. The van der Waals surface area contributed by atoms with Gasteiger partial charge in [0.25, 0.3) is 5.91 Å². The Kier molecular flexibility index (Phi) is 9.48. The van der Waals surface area contributed by atoms with E-state index in [1.807, 2.05) is 6.92 Å². The van der Waals surface area contributed by atoms with Crippen molar-refractivity contribution in [3.63, 3.8) is 0 Å². The van der Waals surface area contributed by atoms with Crippen LogP contribution < -0.4 is 4.90 Å². The van der Waals surface area contributed by atoms with E-state index in [1.54, 1.807) is 42.5 Å². The second-order valence-electron chi connectivity index (χ2n) is 7.93. The highest BCUT2D eigenvalue weighted by molar-refractivity contribution is 9.10. The summed E-state index contributed by atoms with van der Waals surface area (Å²) in [5, 5.41) is 9.52. The Hall–Kier alpha value is -3.63. The van der Waals surface area contributed by atoms with E-state index in [1.165, 1.54) is 24.3 Å². The number of hydrogen-bond acceptors (Lipinski definition) is 6. The van der Waals surface area contributed by atoms with Gasteiger partial charge in [0.05, 0.1) is 23.2 Å². The number of halogens is 2. The van der Waals surface area contributed by atoms with E-state index in [2.05, 4.69) is 31.9 Å². The number of carbonyl (C=O) groups is 5. The van der Waals surface area contributed by atoms with Crippen molar-refractivity contribution in [2.24, 2.45) is 0 Å². The van der Waals surface area contributed by atoms with Crippen molar-refractivity contribution in [1.29, 1.82) is 0 Å². The van der Waals surface area contributed by atoms with Crippen LogP contribution >= 0.6 is 31.9 Å². The molecule has 0 saturated carbocycles. The molecule has 0 saturated heterocycles. The molecule has 0 heterocycles. The number of benzene rings is 3. The van der Waals surface area contributed by atoms with Gasteiger partial charge in [-0.15, -0.1) is 0 Å². The molecular weight excluding hydrogens is 610 g/mol. The Morgan fingerprint density at radius 3 is 2.14 bits per heavy atom. The van der Waals surface area contributed by atoms with Crippen molar-refractivity contribution < 1.29 is 33.8 Å². The third-order valence-corrected chi connectivity index (χ3v) is 6.42. The van der Waals surface area contributed by atoms with Crippen LogP contribution in [-0.4, -0.2) is 41.2 Å². The second kappa shape index (κ2) is 12.6. The van der Waals surface area contributed by atoms with Crippen molar-refractivity contribution in [2.75, 3.05) is 11.5 Å². The number of hydrogen-bond donors (Lipinski definition) is 1. The van der Waals surface area contributed by atoms with Gasteiger partial charge < -0.3 is 9.84 Å². The highest BCUT2D eigenvalue weighted by Gasteiger charge is 2.29. The van der Waals surface area contributed by atoms with Gasteiger partial charge in [-0.1, -0.05) is 46.3 Å². The van der Waals surface area contributed by atoms with Crippen molar-refractivity contribution in [2.45, 2.75) is 19.8 Å². The largest absolute Gasteiger partial charge is 0.478 e. The van der Waals surface area contributed by atoms with E-state index in [4.69, 9.17) is 4.74 Å². The summed E-state index contributed by atoms with van der Waals surface area (Å²) in [5.41, 5.74) is 0.975. The summed E-state index contributed by atoms with van der Waals surface area (Å²) < 4.78 is 6.25. The molecule has 0 radical (unpaired) electrons. The van der Waals surface area contributed by atoms with E-state index >= 15 is 0 Å². The predicted molar refractivity (Wildman–Crippen MR) is 143 cm³/mol. The molecule has 0 aliphatic heterocycles. The van der Waals surface area contributed by atoms with Gasteiger partial charge in [-0.3, -0.25) is 19.2 Å². The molecular formula is C27H21Br2NO7. The van der Waals surface area contributed by atoms with Crippen LogP contribution in [0, 0.1) is 6.92 Å². The summed E-state index contributed by atoms with van der Waals surface area (Å²) >= 11 is 6.63. The van der Waals surface area contributed by atoms with Gasteiger partial charge in [0.1, 0.15) is 0 Å². The van der Waals surface area contributed by atoms with E-state index in [0.29, 0.717) is 10.0 Å². The average Bonchev–Trinajstić information content (AvgIpc) is 2.87. The first-order chi connectivity index (χ1) is 17.6. The van der Waals surface area contributed by atoms with Crippen molar-refractivity contribution >= 4 is 67.1 Å². The fraction of sp³-hybridized carbons (Fsp3) is 0.148. The molecule has 0 bridgehead atoms. The minimum Gasteiger partial charge on any atom is -0.478 e. The number of esters is 1. The highest BCUT2D eigenvalue weighted by Crippen LogP contribution is 2.30. The summed E-state index contributed by atoms with van der Waals surface area (Å²) in [7, 11) is 0. The molecule has 8 nitrogen and oxygen atoms in total. The quantitative estimate of drug-likeness (QED) is 0.242. The minimum absolute atomic E-state index is 0.182. The average molecular weight is 631 g/mol. The number of ether oxygens (including phenoxy) is 1. The lowest BCUT2D eigenvalue weighted by Crippen LogP contribution is -2.38. The maximum atomic E-state index is 13.4. The van der Waals surface area contributed by atoms with Crippen LogP contribution in [0.5, 0.6) is 0 Å². The first-order valence-corrected chi connectivity index (χ1v) is 12.6. The zero-order chi connectivity index (χ0) is 27.1. The number of ketones is 1. The molecule has 2 amide bonds. The molecule has 3 aromatic rings. The third-order valence-electron chi connectivity index (χ3n) is 5.26. The van der Waals surface area contributed by atoms with Gasteiger partial charge in [-0.2, -0.15) is 0 Å². The van der Waals surface area contributed by atoms with Crippen LogP contribution in [0.25, 0.3) is 0 Å². The highest BCUT2D eigenvalue weighted by atomic mass is 79.9. The smallest absolute Gasteiger partial charge is 0.336 e. The molecule has 0 aliphatic rings. The van der Waals surface area contributed by atoms with Crippen molar-refractivity contribution in [3.8, 4) is 0 Å². The van der Waals surface area contributed by atoms with Gasteiger partial charge in [0.2, 0.25) is 5.91 Å². The van der Waals surface area contributed by atoms with Crippen molar-refractivity contribution in [3.05, 3.63) is 97.9 Å². The zero-order valence-corrected chi connectivity index (χ0v) is 22.7. The first kappa shape index (κ1) is 27.9. The number of aryl methyl sites for hydroxylation is 1. The molecule has 3 aromatic carbocycles. The summed E-state index contributed by atoms with van der Waals surface area (Å²) in [6.45, 7) is 1.33. The number of carboxylic acids is 1. The molecule has 0 aliphatic carbocycles. The van der Waals surface area contributed by atoms with Crippen LogP contribution in [0.4, 0.5) is 5.69 Å². The van der Waals surface area contributed by atoms with Crippen LogP contribution in [0.3, 0.4) is 0 Å². The summed E-state index contributed by atoms with van der Waals surface area (Å²) in [6, 6.07) is 17.0. The first-order valence-electron chi connectivity index (χ1n) is 11.0. The lowest BCUT2D eigenvalue weighted by atomic mass is 10.1. The minimum atomic E-state index is -1.32. The number of carboxylic acid groups (broad SMARTS) is 1. The maximum absolute atomic E-state index is 13.4. The Bertz CT molecular complexity index is 1370. The molecule has 0 spiro atoms. The number of aromatic carboxylic acids is 1. The number of rotatable bonds is 9. The van der Waals surface area contributed by atoms with E-state index < -0.39 is 42.6 Å². The van der Waals surface area contributed by atoms with Gasteiger partial charge in [0.15, 0.2) is 12.4 Å². The maximum Gasteiger partial charge on any atom is 0.336 e. The predicted octanol–water partition coefficient (Wildman–Crippen LogP) is 5.60. The molecule has 37 heavy (non-hydrogen) atoms. The topological polar surface area (TPSA) is 118 Å². The molecule has 10 heteroatoms. The lowest BCUT2D eigenvalue weighted by molar-refractivity contribution is -0.143. The van der Waals surface area contributed by atoms with Gasteiger partial charge >= 0.3 is 11.9 Å². The second-order valence-corrected chi connectivity index (χ2v) is 9.70. The van der Waals surface area contributed by atoms with Crippen LogP contribution in [0.1, 0.15) is 49.5 Å². The fourth-order valence-electron chi connectivity index (χ4n) is 3.38. The number of anilines is 1. The van der Waals surface area contributed by atoms with Crippen LogP contribution in [0.15, 0.2) is 75.7 Å². The van der Waals surface area contributed by atoms with Crippen LogP contribution in [0.2, 0.25) is 0 Å². The van der Waals surface area contributed by atoms with Gasteiger partial charge in [-0.05, 0) is 64.8 Å². The number of carbonyl (C=O) groups excluding carboxylic acids is 4. The summed E-state index contributed by atoms with van der Waals surface area (Å²) in [5.74, 6) is -4.12. The third kappa shape index (κ3) is 7.21. The SMILES string of the molecule is Cc1ccc(N(C(=O)CCC(=O)OCC(=O)c2ccc(Br)cc2)C(=O)c2ccccc2C(=O)O)c(Br)c1. The molecule has 3 rings (SSSR count). The fourth-order valence-corrected chi connectivity index (χ4v) is 4.32. The Morgan fingerprint density at radius 2 is 1.51 bits per heavy atom. The monoisotopic (exact) mass is 629 g/mol. The number of amides is 2. The number of imide groups is 1. The van der Waals surface area contributed by atoms with Gasteiger partial charge in [0, 0.05) is 20.9 Å². The number of Topliss-reactive ketones (excluding diaryl/α,β-unsaturated/α-hetero) is 1. The molecule has 190 valence electrons. The van der Waals surface area contributed by atoms with Crippen LogP contribution in [-0.2, 0) is 14.3 Å². The Labute approximate surface area is 229 Å². The van der Waals surface area contributed by atoms with E-state index in [-0.39, 0.29) is 23.2 Å². The standard InChI is InChI=1S/C27H21Br2NO7/c1-16-6-11-22(21(29)14-16)30(26(34)19-4-2-3-5-20(19)27(35)36)24(32)12-13-25(33)37-15-23(31)17-7-9-18(28)10-8-17/h2-11,14H,12-13,15H2,1H3,(H,35,36). The zero-order valence-electron chi connectivity index (χ0n) is 19.6. The summed E-state index contributed by atoms with van der Waals surface area (Å²) in [6.07, 6.45) is -0.799. The lowest BCUT2D eigenvalue weighted by Gasteiger charge is -2.23. The molecule has 0 fully saturated rings. The van der Waals surface area contributed by atoms with E-state index in [0.717, 1.165) is 14.9 Å². The number of nitrogens with zero attached hydrogens (tertiary/aromatic N) is 1. The Morgan fingerprint density at radius 1 is 0.865 bits per heavy atom. The van der Waals surface area contributed by atoms with Crippen molar-refractivity contribution in [1.82, 2.24) is 0 Å². The van der Waals surface area contributed by atoms with E-state index in [9.17, 15) is 29.1 Å². The molecule has 0 aromatic heterocycles. The molecule has 0 unspecified atom stereocenters. The van der Waals surface area contributed by atoms with Gasteiger partial charge in [-0.25, -0.2) is 9.69 Å². The Balaban J connectivity index is 1.76. The molecule has 0 atom stereocenters.